The Morgan fingerprint density at radius 2 is 1.79 bits per heavy atom. The van der Waals surface area contributed by atoms with Gasteiger partial charge in [0, 0.05) is 23.2 Å². The Labute approximate surface area is 168 Å². The summed E-state index contributed by atoms with van der Waals surface area (Å²) in [6.45, 7) is 0.432. The summed E-state index contributed by atoms with van der Waals surface area (Å²) < 4.78 is 13.2. The molecule has 0 aliphatic carbocycles. The zero-order chi connectivity index (χ0) is 19.9. The fourth-order valence-electron chi connectivity index (χ4n) is 2.78. The Morgan fingerprint density at radius 1 is 1.07 bits per heavy atom. The molecule has 0 saturated carbocycles. The van der Waals surface area contributed by atoms with E-state index in [9.17, 15) is 9.18 Å². The molecule has 1 heterocycles. The number of pyridine rings is 1. The Kier molecular flexibility index (Phi) is 6.79. The molecule has 0 saturated heterocycles. The van der Waals surface area contributed by atoms with Gasteiger partial charge in [-0.2, -0.15) is 0 Å². The first-order chi connectivity index (χ1) is 13.5. The number of carbonyl (C=O) groups is 1. The summed E-state index contributed by atoms with van der Waals surface area (Å²) in [5.74, 6) is -0.405. The second-order valence-corrected chi connectivity index (χ2v) is 7.63. The zero-order valence-electron chi connectivity index (χ0n) is 15.8. The van der Waals surface area contributed by atoms with Gasteiger partial charge in [0.05, 0.1) is 6.04 Å². The molecule has 0 fully saturated rings. The van der Waals surface area contributed by atoms with Crippen LogP contribution in [0.4, 0.5) is 4.39 Å². The molecule has 28 heavy (non-hydrogen) atoms. The van der Waals surface area contributed by atoms with E-state index in [2.05, 4.69) is 10.3 Å². The molecular formula is C22H22FN3OS. The first-order valence-corrected chi connectivity index (χ1v) is 9.73. The third kappa shape index (κ3) is 5.41. The number of halogens is 1. The number of benzene rings is 2. The number of amides is 1. The fourth-order valence-corrected chi connectivity index (χ4v) is 3.55. The van der Waals surface area contributed by atoms with Crippen LogP contribution in [-0.2, 0) is 0 Å². The lowest BCUT2D eigenvalue weighted by atomic mass is 10.1. The van der Waals surface area contributed by atoms with Gasteiger partial charge in [0.2, 0.25) is 0 Å². The number of hydrogen-bond donors (Lipinski definition) is 1. The highest BCUT2D eigenvalue weighted by molar-refractivity contribution is 7.99. The largest absolute Gasteiger partial charge is 0.350 e. The van der Waals surface area contributed by atoms with Crippen LogP contribution >= 0.6 is 11.8 Å². The normalized spacial score (nSPS) is 12.0. The van der Waals surface area contributed by atoms with E-state index in [4.69, 9.17) is 0 Å². The van der Waals surface area contributed by atoms with E-state index in [0.717, 1.165) is 15.5 Å². The summed E-state index contributed by atoms with van der Waals surface area (Å²) in [5.41, 5.74) is 1.55. The van der Waals surface area contributed by atoms with Crippen molar-refractivity contribution in [3.8, 4) is 0 Å². The molecule has 144 valence electrons. The summed E-state index contributed by atoms with van der Waals surface area (Å²) in [7, 11) is 3.87. The SMILES string of the molecule is CN(C)C(CNC(=O)c1ccc(Sc2ccccn2)cc1)c1ccc(F)cc1. The molecule has 0 bridgehead atoms. The minimum absolute atomic E-state index is 0.0384. The van der Waals surface area contributed by atoms with Crippen molar-refractivity contribution in [2.75, 3.05) is 20.6 Å². The van der Waals surface area contributed by atoms with Gasteiger partial charge in [0.1, 0.15) is 10.8 Å². The number of hydrogen-bond acceptors (Lipinski definition) is 4. The molecular weight excluding hydrogens is 373 g/mol. The standard InChI is InChI=1S/C22H22FN3OS/c1-26(2)20(16-6-10-18(23)11-7-16)15-25-22(27)17-8-12-19(13-9-17)28-21-5-3-4-14-24-21/h3-14,20H,15H2,1-2H3,(H,25,27). The van der Waals surface area contributed by atoms with Crippen molar-refractivity contribution in [2.45, 2.75) is 16.0 Å². The first-order valence-electron chi connectivity index (χ1n) is 8.92. The number of carbonyl (C=O) groups excluding carboxylic acids is 1. The van der Waals surface area contributed by atoms with Crippen LogP contribution in [0.3, 0.4) is 0 Å². The molecule has 1 aromatic heterocycles. The lowest BCUT2D eigenvalue weighted by Gasteiger charge is -2.25. The Bertz CT molecular complexity index is 899. The quantitative estimate of drug-likeness (QED) is 0.644. The minimum Gasteiger partial charge on any atom is -0.350 e. The summed E-state index contributed by atoms with van der Waals surface area (Å²) in [5, 5.41) is 3.88. The number of rotatable bonds is 7. The smallest absolute Gasteiger partial charge is 0.251 e. The van der Waals surface area contributed by atoms with Gasteiger partial charge in [-0.3, -0.25) is 4.79 Å². The van der Waals surface area contributed by atoms with Crippen molar-refractivity contribution >= 4 is 17.7 Å². The number of nitrogens with zero attached hydrogens (tertiary/aromatic N) is 2. The molecule has 1 amide bonds. The molecule has 0 aliphatic heterocycles. The maximum absolute atomic E-state index is 13.2. The summed E-state index contributed by atoms with van der Waals surface area (Å²) in [4.78, 5) is 19.8. The van der Waals surface area contributed by atoms with Crippen LogP contribution in [0.25, 0.3) is 0 Å². The zero-order valence-corrected chi connectivity index (χ0v) is 16.6. The van der Waals surface area contributed by atoms with E-state index in [1.54, 1.807) is 30.1 Å². The van der Waals surface area contributed by atoms with Gasteiger partial charge >= 0.3 is 0 Å². The van der Waals surface area contributed by atoms with Gasteiger partial charge in [-0.25, -0.2) is 9.37 Å². The van der Waals surface area contributed by atoms with Gasteiger partial charge in [-0.05, 0) is 68.2 Å². The molecule has 0 spiro atoms. The summed E-state index contributed by atoms with van der Waals surface area (Å²) >= 11 is 1.55. The van der Waals surface area contributed by atoms with E-state index in [-0.39, 0.29) is 17.8 Å². The average Bonchev–Trinajstić information content (AvgIpc) is 2.70. The average molecular weight is 396 g/mol. The lowest BCUT2D eigenvalue weighted by molar-refractivity contribution is 0.0942. The molecule has 6 heteroatoms. The van der Waals surface area contributed by atoms with Crippen molar-refractivity contribution < 1.29 is 9.18 Å². The molecule has 1 unspecified atom stereocenters. The molecule has 2 aromatic carbocycles. The number of aromatic nitrogens is 1. The molecule has 3 rings (SSSR count). The third-order valence-corrected chi connectivity index (χ3v) is 5.27. The lowest BCUT2D eigenvalue weighted by Crippen LogP contribution is -2.34. The number of nitrogens with one attached hydrogen (secondary N) is 1. The summed E-state index contributed by atoms with van der Waals surface area (Å²) in [6, 6.07) is 19.5. The molecule has 0 radical (unpaired) electrons. The summed E-state index contributed by atoms with van der Waals surface area (Å²) in [6.07, 6.45) is 1.76. The highest BCUT2D eigenvalue weighted by Gasteiger charge is 2.16. The van der Waals surface area contributed by atoms with Gasteiger partial charge in [0.15, 0.2) is 0 Å². The molecule has 1 atom stereocenters. The van der Waals surface area contributed by atoms with Gasteiger partial charge in [0.25, 0.3) is 5.91 Å². The van der Waals surface area contributed by atoms with Gasteiger partial charge in [-0.1, -0.05) is 30.0 Å². The van der Waals surface area contributed by atoms with E-state index >= 15 is 0 Å². The second kappa shape index (κ2) is 9.48. The molecule has 3 aromatic rings. The van der Waals surface area contributed by atoms with Crippen molar-refractivity contribution in [3.05, 3.63) is 89.9 Å². The van der Waals surface area contributed by atoms with Crippen LogP contribution in [0, 0.1) is 5.82 Å². The second-order valence-electron chi connectivity index (χ2n) is 6.54. The van der Waals surface area contributed by atoms with Crippen LogP contribution < -0.4 is 5.32 Å². The van der Waals surface area contributed by atoms with Gasteiger partial charge in [-0.15, -0.1) is 0 Å². The highest BCUT2D eigenvalue weighted by Crippen LogP contribution is 2.25. The minimum atomic E-state index is -0.269. The maximum Gasteiger partial charge on any atom is 0.251 e. The highest BCUT2D eigenvalue weighted by atomic mass is 32.2. The molecule has 4 nitrogen and oxygen atoms in total. The molecule has 0 aliphatic rings. The maximum atomic E-state index is 13.2. The van der Waals surface area contributed by atoms with E-state index in [0.29, 0.717) is 12.1 Å². The van der Waals surface area contributed by atoms with Crippen LogP contribution in [0.15, 0.2) is 82.8 Å². The van der Waals surface area contributed by atoms with E-state index in [1.807, 2.05) is 61.5 Å². The van der Waals surface area contributed by atoms with Crippen LogP contribution in [0.2, 0.25) is 0 Å². The van der Waals surface area contributed by atoms with Crippen molar-refractivity contribution in [3.63, 3.8) is 0 Å². The van der Waals surface area contributed by atoms with E-state index in [1.165, 1.54) is 12.1 Å². The fraction of sp³-hybridized carbons (Fsp3) is 0.182. The van der Waals surface area contributed by atoms with Crippen LogP contribution in [0.5, 0.6) is 0 Å². The topological polar surface area (TPSA) is 45.2 Å². The van der Waals surface area contributed by atoms with Crippen molar-refractivity contribution in [1.29, 1.82) is 0 Å². The number of likely N-dealkylation sites (N-methyl/N-ethyl adjacent to an activating group) is 1. The van der Waals surface area contributed by atoms with Gasteiger partial charge < -0.3 is 10.2 Å². The predicted molar refractivity (Wildman–Crippen MR) is 110 cm³/mol. The van der Waals surface area contributed by atoms with Crippen LogP contribution in [-0.4, -0.2) is 36.4 Å². The van der Waals surface area contributed by atoms with Crippen molar-refractivity contribution in [1.82, 2.24) is 15.2 Å². The molecule has 1 N–H and O–H groups in total. The third-order valence-electron chi connectivity index (χ3n) is 4.31. The predicted octanol–water partition coefficient (Wildman–Crippen LogP) is 4.40. The van der Waals surface area contributed by atoms with Crippen LogP contribution in [0.1, 0.15) is 22.0 Å². The Hall–Kier alpha value is -2.70. The van der Waals surface area contributed by atoms with Crippen molar-refractivity contribution in [2.24, 2.45) is 0 Å². The van der Waals surface area contributed by atoms with E-state index < -0.39 is 0 Å². The Balaban J connectivity index is 1.61. The first kappa shape index (κ1) is 20.0. The monoisotopic (exact) mass is 395 g/mol. The Morgan fingerprint density at radius 3 is 2.39 bits per heavy atom.